The van der Waals surface area contributed by atoms with Crippen LogP contribution in [-0.4, -0.2) is 11.5 Å². The Bertz CT molecular complexity index is 949. The largest absolute Gasteiger partial charge is 0.251 e. The Labute approximate surface area is 156 Å². The second-order valence-corrected chi connectivity index (χ2v) is 8.57. The summed E-state index contributed by atoms with van der Waals surface area (Å²) in [6.45, 7) is 0. The zero-order valence-corrected chi connectivity index (χ0v) is 15.3. The Morgan fingerprint density at radius 1 is 0.760 bits per heavy atom. The summed E-state index contributed by atoms with van der Waals surface area (Å²) in [7, 11) is 0. The summed E-state index contributed by atoms with van der Waals surface area (Å²) < 4.78 is 0. The second-order valence-electron chi connectivity index (χ2n) is 6.33. The van der Waals surface area contributed by atoms with Crippen molar-refractivity contribution in [1.82, 2.24) is 0 Å². The molecule has 0 radical (unpaired) electrons. The van der Waals surface area contributed by atoms with Gasteiger partial charge in [-0.1, -0.05) is 60.7 Å². The van der Waals surface area contributed by atoms with E-state index >= 15 is 0 Å². The lowest BCUT2D eigenvalue weighted by Gasteiger charge is -2.31. The number of rotatable bonds is 1. The van der Waals surface area contributed by atoms with Gasteiger partial charge in [-0.25, -0.2) is 0 Å². The van der Waals surface area contributed by atoms with Crippen LogP contribution in [0.15, 0.2) is 93.6 Å². The van der Waals surface area contributed by atoms with Gasteiger partial charge in [0.1, 0.15) is 0 Å². The minimum Gasteiger partial charge on any atom is -0.251 e. The normalized spacial score (nSPS) is 21.4. The lowest BCUT2D eigenvalue weighted by molar-refractivity contribution is 0.755. The van der Waals surface area contributed by atoms with Crippen molar-refractivity contribution in [1.29, 1.82) is 0 Å². The standard InChI is InChI=1S/C22H17NS2/c1-2-8-15(9-3-1)22-17-14-24-19-12-6-4-10-16(19)21(17)23-18-11-5-7-13-20(18)25-22/h1-13,17,22H,14H2/t17-,22+/m0/s1. The van der Waals surface area contributed by atoms with Crippen LogP contribution in [0.3, 0.4) is 0 Å². The van der Waals surface area contributed by atoms with Gasteiger partial charge in [0.05, 0.1) is 11.4 Å². The van der Waals surface area contributed by atoms with Crippen molar-refractivity contribution in [2.24, 2.45) is 10.9 Å². The summed E-state index contributed by atoms with van der Waals surface area (Å²) in [5.74, 6) is 1.50. The number of benzene rings is 3. The van der Waals surface area contributed by atoms with Gasteiger partial charge >= 0.3 is 0 Å². The molecular weight excluding hydrogens is 342 g/mol. The van der Waals surface area contributed by atoms with Crippen LogP contribution in [0, 0.1) is 5.92 Å². The van der Waals surface area contributed by atoms with Gasteiger partial charge in [0.25, 0.3) is 0 Å². The monoisotopic (exact) mass is 359 g/mol. The maximum atomic E-state index is 5.16. The van der Waals surface area contributed by atoms with Crippen molar-refractivity contribution in [2.75, 3.05) is 5.75 Å². The molecule has 3 aromatic rings. The van der Waals surface area contributed by atoms with Crippen LogP contribution in [0.5, 0.6) is 0 Å². The van der Waals surface area contributed by atoms with Gasteiger partial charge in [-0.05, 0) is 23.8 Å². The molecule has 0 saturated carbocycles. The zero-order chi connectivity index (χ0) is 16.6. The van der Waals surface area contributed by atoms with E-state index < -0.39 is 0 Å². The summed E-state index contributed by atoms with van der Waals surface area (Å²) in [6.07, 6.45) is 0. The van der Waals surface area contributed by atoms with Gasteiger partial charge in [0.15, 0.2) is 0 Å². The molecule has 0 bridgehead atoms. The average molecular weight is 360 g/mol. The van der Waals surface area contributed by atoms with Gasteiger partial charge < -0.3 is 0 Å². The highest BCUT2D eigenvalue weighted by molar-refractivity contribution is 8.00. The number of aliphatic imine (C=N–C) groups is 1. The van der Waals surface area contributed by atoms with Crippen LogP contribution in [0.4, 0.5) is 5.69 Å². The van der Waals surface area contributed by atoms with Crippen LogP contribution in [-0.2, 0) is 0 Å². The molecule has 1 nitrogen and oxygen atoms in total. The van der Waals surface area contributed by atoms with E-state index in [4.69, 9.17) is 4.99 Å². The van der Waals surface area contributed by atoms with Crippen molar-refractivity contribution in [3.63, 3.8) is 0 Å². The summed E-state index contributed by atoms with van der Waals surface area (Å²) in [4.78, 5) is 7.79. The van der Waals surface area contributed by atoms with E-state index in [-0.39, 0.29) is 0 Å². The highest BCUT2D eigenvalue weighted by atomic mass is 32.2. The smallest absolute Gasteiger partial charge is 0.0769 e. The molecule has 2 heterocycles. The molecule has 25 heavy (non-hydrogen) atoms. The van der Waals surface area contributed by atoms with Crippen LogP contribution in [0.2, 0.25) is 0 Å². The van der Waals surface area contributed by atoms with Gasteiger partial charge in [-0.15, -0.1) is 23.5 Å². The summed E-state index contributed by atoms with van der Waals surface area (Å²) in [6, 6.07) is 28.2. The minimum absolute atomic E-state index is 0.393. The van der Waals surface area contributed by atoms with Crippen molar-refractivity contribution in [2.45, 2.75) is 15.0 Å². The molecule has 3 heteroatoms. The minimum atomic E-state index is 0.393. The topological polar surface area (TPSA) is 12.4 Å². The first-order chi connectivity index (χ1) is 12.4. The van der Waals surface area contributed by atoms with Gasteiger partial charge in [0.2, 0.25) is 0 Å². The Balaban J connectivity index is 1.72. The zero-order valence-electron chi connectivity index (χ0n) is 13.6. The Hall–Kier alpha value is -1.97. The molecule has 3 aromatic carbocycles. The molecule has 5 rings (SSSR count). The van der Waals surface area contributed by atoms with E-state index in [0.29, 0.717) is 11.2 Å². The molecule has 2 aliphatic rings. The first-order valence-corrected chi connectivity index (χ1v) is 10.4. The third kappa shape index (κ3) is 2.72. The third-order valence-corrected chi connectivity index (χ3v) is 7.43. The lowest BCUT2D eigenvalue weighted by Crippen LogP contribution is -2.27. The molecule has 0 amide bonds. The Morgan fingerprint density at radius 2 is 1.48 bits per heavy atom. The van der Waals surface area contributed by atoms with E-state index in [1.807, 2.05) is 23.5 Å². The van der Waals surface area contributed by atoms with Crippen molar-refractivity contribution < 1.29 is 0 Å². The number of para-hydroxylation sites is 1. The molecule has 0 aliphatic carbocycles. The molecule has 0 fully saturated rings. The number of thioether (sulfide) groups is 2. The van der Waals surface area contributed by atoms with Gasteiger partial charge in [-0.2, -0.15) is 0 Å². The molecule has 0 spiro atoms. The molecule has 122 valence electrons. The van der Waals surface area contributed by atoms with Crippen molar-refractivity contribution in [3.05, 3.63) is 90.0 Å². The Morgan fingerprint density at radius 3 is 2.36 bits per heavy atom. The molecule has 2 aliphatic heterocycles. The van der Waals surface area contributed by atoms with E-state index in [1.54, 1.807) is 0 Å². The molecule has 0 unspecified atom stereocenters. The van der Waals surface area contributed by atoms with E-state index in [9.17, 15) is 0 Å². The fourth-order valence-corrected chi connectivity index (χ4v) is 6.26. The first kappa shape index (κ1) is 15.3. The summed E-state index contributed by atoms with van der Waals surface area (Å²) in [5.41, 5.74) is 5.05. The number of hydrogen-bond acceptors (Lipinski definition) is 3. The average Bonchev–Trinajstić information content (AvgIpc) is 2.85. The molecule has 2 atom stereocenters. The fourth-order valence-electron chi connectivity index (χ4n) is 3.58. The summed E-state index contributed by atoms with van der Waals surface area (Å²) in [5, 5.41) is 0.393. The number of hydrogen-bond donors (Lipinski definition) is 0. The fraction of sp³-hybridized carbons (Fsp3) is 0.136. The molecular formula is C22H17NS2. The van der Waals surface area contributed by atoms with Gasteiger partial charge in [-0.3, -0.25) is 4.99 Å². The predicted molar refractivity (Wildman–Crippen MR) is 108 cm³/mol. The van der Waals surface area contributed by atoms with Crippen LogP contribution >= 0.6 is 23.5 Å². The number of fused-ring (bicyclic) bond motifs is 4. The van der Waals surface area contributed by atoms with E-state index in [2.05, 4.69) is 78.9 Å². The maximum Gasteiger partial charge on any atom is 0.0769 e. The highest BCUT2D eigenvalue weighted by Gasteiger charge is 2.36. The van der Waals surface area contributed by atoms with Crippen LogP contribution in [0.1, 0.15) is 16.4 Å². The lowest BCUT2D eigenvalue weighted by atomic mass is 9.90. The predicted octanol–water partition coefficient (Wildman–Crippen LogP) is 6.38. The SMILES string of the molecule is c1ccc([C@H]2Sc3ccccc3N=C3c4ccccc4SC[C@@H]32)cc1. The Kier molecular flexibility index (Phi) is 3.91. The first-order valence-electron chi connectivity index (χ1n) is 8.51. The third-order valence-electron chi connectivity index (χ3n) is 4.79. The van der Waals surface area contributed by atoms with Gasteiger partial charge in [0, 0.05) is 32.3 Å². The van der Waals surface area contributed by atoms with E-state index in [0.717, 1.165) is 11.4 Å². The molecule has 0 saturated heterocycles. The quantitative estimate of drug-likeness (QED) is 0.500. The van der Waals surface area contributed by atoms with E-state index in [1.165, 1.54) is 26.6 Å². The highest BCUT2D eigenvalue weighted by Crippen LogP contribution is 2.51. The molecule has 0 N–H and O–H groups in total. The van der Waals surface area contributed by atoms with Crippen LogP contribution < -0.4 is 0 Å². The maximum absolute atomic E-state index is 5.16. The summed E-state index contributed by atoms with van der Waals surface area (Å²) >= 11 is 3.93. The van der Waals surface area contributed by atoms with Crippen molar-refractivity contribution >= 4 is 34.9 Å². The van der Waals surface area contributed by atoms with Crippen molar-refractivity contribution in [3.8, 4) is 0 Å². The van der Waals surface area contributed by atoms with Crippen LogP contribution in [0.25, 0.3) is 0 Å². The molecule has 0 aromatic heterocycles. The number of nitrogens with zero attached hydrogens (tertiary/aromatic N) is 1. The second kappa shape index (κ2) is 6.40.